The summed E-state index contributed by atoms with van der Waals surface area (Å²) < 4.78 is 1.44. The van der Waals surface area contributed by atoms with Crippen molar-refractivity contribution in [3.8, 4) is 0 Å². The molecule has 100 valence electrons. The Morgan fingerprint density at radius 2 is 2.17 bits per heavy atom. The molecule has 0 aliphatic rings. The van der Waals surface area contributed by atoms with Gasteiger partial charge in [0.2, 0.25) is 11.5 Å². The first kappa shape index (κ1) is 14.4. The summed E-state index contributed by atoms with van der Waals surface area (Å²) in [6.07, 6.45) is 3.86. The van der Waals surface area contributed by atoms with Crippen LogP contribution in [0.1, 0.15) is 26.2 Å². The molecule has 1 atom stereocenters. The summed E-state index contributed by atoms with van der Waals surface area (Å²) in [7, 11) is 1.65. The second-order valence-corrected chi connectivity index (χ2v) is 4.64. The SMILES string of the molecule is CC(CCN)CCC(=O)Nc1ccc(=O)n(C)c1. The fourth-order valence-electron chi connectivity index (χ4n) is 1.70. The van der Waals surface area contributed by atoms with Crippen LogP contribution < -0.4 is 16.6 Å². The lowest BCUT2D eigenvalue weighted by Crippen LogP contribution is -2.18. The van der Waals surface area contributed by atoms with Crippen molar-refractivity contribution >= 4 is 11.6 Å². The zero-order chi connectivity index (χ0) is 13.5. The first-order chi connectivity index (χ1) is 8.52. The van der Waals surface area contributed by atoms with Crippen LogP contribution in [0.25, 0.3) is 0 Å². The largest absolute Gasteiger partial charge is 0.330 e. The maximum absolute atomic E-state index is 11.7. The van der Waals surface area contributed by atoms with E-state index < -0.39 is 0 Å². The first-order valence-electron chi connectivity index (χ1n) is 6.19. The van der Waals surface area contributed by atoms with E-state index in [9.17, 15) is 9.59 Å². The predicted octanol–water partition coefficient (Wildman–Crippen LogP) is 1.09. The van der Waals surface area contributed by atoms with Crippen molar-refractivity contribution < 1.29 is 4.79 Å². The Kier molecular flexibility index (Phi) is 5.58. The van der Waals surface area contributed by atoms with Gasteiger partial charge in [0, 0.05) is 25.7 Å². The van der Waals surface area contributed by atoms with Crippen molar-refractivity contribution in [3.63, 3.8) is 0 Å². The summed E-state index contributed by atoms with van der Waals surface area (Å²) in [4.78, 5) is 22.9. The Bertz CT molecular complexity index is 454. The van der Waals surface area contributed by atoms with Crippen LogP contribution in [0.4, 0.5) is 5.69 Å². The fourth-order valence-corrected chi connectivity index (χ4v) is 1.70. The number of rotatable bonds is 6. The van der Waals surface area contributed by atoms with Gasteiger partial charge in [0.1, 0.15) is 0 Å². The van der Waals surface area contributed by atoms with Crippen LogP contribution in [0.5, 0.6) is 0 Å². The molecule has 0 aliphatic heterocycles. The van der Waals surface area contributed by atoms with Crippen molar-refractivity contribution in [2.24, 2.45) is 18.7 Å². The smallest absolute Gasteiger partial charge is 0.250 e. The van der Waals surface area contributed by atoms with Crippen LogP contribution in [-0.4, -0.2) is 17.0 Å². The zero-order valence-corrected chi connectivity index (χ0v) is 11.0. The molecule has 3 N–H and O–H groups in total. The first-order valence-corrected chi connectivity index (χ1v) is 6.19. The van der Waals surface area contributed by atoms with Crippen LogP contribution in [0, 0.1) is 5.92 Å². The Labute approximate surface area is 107 Å². The highest BCUT2D eigenvalue weighted by Gasteiger charge is 2.07. The molecule has 1 aromatic rings. The van der Waals surface area contributed by atoms with E-state index in [2.05, 4.69) is 12.2 Å². The van der Waals surface area contributed by atoms with Crippen molar-refractivity contribution in [1.82, 2.24) is 4.57 Å². The molecule has 1 unspecified atom stereocenters. The highest BCUT2D eigenvalue weighted by molar-refractivity contribution is 5.90. The molecule has 5 heteroatoms. The van der Waals surface area contributed by atoms with Gasteiger partial charge < -0.3 is 15.6 Å². The minimum absolute atomic E-state index is 0.0301. The molecule has 0 saturated carbocycles. The van der Waals surface area contributed by atoms with E-state index >= 15 is 0 Å². The number of anilines is 1. The van der Waals surface area contributed by atoms with Crippen molar-refractivity contribution in [2.45, 2.75) is 26.2 Å². The maximum atomic E-state index is 11.7. The summed E-state index contributed by atoms with van der Waals surface area (Å²) in [5.41, 5.74) is 6.01. The molecule has 1 aromatic heterocycles. The van der Waals surface area contributed by atoms with E-state index in [1.165, 1.54) is 10.6 Å². The molecule has 1 amide bonds. The third-order valence-electron chi connectivity index (χ3n) is 2.89. The Hall–Kier alpha value is -1.62. The summed E-state index contributed by atoms with van der Waals surface area (Å²) >= 11 is 0. The fraction of sp³-hybridized carbons (Fsp3) is 0.538. The normalized spacial score (nSPS) is 12.2. The summed E-state index contributed by atoms with van der Waals surface area (Å²) in [6, 6.07) is 3.05. The van der Waals surface area contributed by atoms with Crippen LogP contribution in [0.2, 0.25) is 0 Å². The number of aryl methyl sites for hydroxylation is 1. The number of nitrogens with one attached hydrogen (secondary N) is 1. The van der Waals surface area contributed by atoms with Crippen LogP contribution >= 0.6 is 0 Å². The molecule has 18 heavy (non-hydrogen) atoms. The van der Waals surface area contributed by atoms with Gasteiger partial charge in [-0.1, -0.05) is 6.92 Å². The van der Waals surface area contributed by atoms with Crippen LogP contribution in [-0.2, 0) is 11.8 Å². The average Bonchev–Trinajstić information content (AvgIpc) is 2.32. The number of pyridine rings is 1. The molecular formula is C13H21N3O2. The van der Waals surface area contributed by atoms with Gasteiger partial charge in [-0.15, -0.1) is 0 Å². The maximum Gasteiger partial charge on any atom is 0.250 e. The monoisotopic (exact) mass is 251 g/mol. The van der Waals surface area contributed by atoms with Gasteiger partial charge in [-0.2, -0.15) is 0 Å². The second kappa shape index (κ2) is 6.96. The van der Waals surface area contributed by atoms with E-state index in [-0.39, 0.29) is 11.5 Å². The van der Waals surface area contributed by atoms with Crippen LogP contribution in [0.3, 0.4) is 0 Å². The lowest BCUT2D eigenvalue weighted by atomic mass is 10.0. The second-order valence-electron chi connectivity index (χ2n) is 4.64. The molecule has 1 rings (SSSR count). The lowest BCUT2D eigenvalue weighted by molar-refractivity contribution is -0.116. The Morgan fingerprint density at radius 3 is 2.78 bits per heavy atom. The minimum atomic E-state index is -0.0930. The van der Waals surface area contributed by atoms with Crippen molar-refractivity contribution in [1.29, 1.82) is 0 Å². The molecule has 0 spiro atoms. The number of carbonyl (C=O) groups is 1. The Morgan fingerprint density at radius 1 is 1.44 bits per heavy atom. The molecule has 0 bridgehead atoms. The summed E-state index contributed by atoms with van der Waals surface area (Å²) in [5, 5.41) is 2.78. The third-order valence-corrected chi connectivity index (χ3v) is 2.89. The van der Waals surface area contributed by atoms with Gasteiger partial charge in [0.25, 0.3) is 0 Å². The standard InChI is InChI=1S/C13H21N3O2/c1-10(7-8-14)3-5-12(17)15-11-4-6-13(18)16(2)9-11/h4,6,9-10H,3,5,7-8,14H2,1-2H3,(H,15,17). The van der Waals surface area contributed by atoms with E-state index in [1.807, 2.05) is 0 Å². The molecule has 0 aliphatic carbocycles. The number of carbonyl (C=O) groups excluding carboxylic acids is 1. The van der Waals surface area contributed by atoms with E-state index in [4.69, 9.17) is 5.73 Å². The van der Waals surface area contributed by atoms with Gasteiger partial charge >= 0.3 is 0 Å². The van der Waals surface area contributed by atoms with Crippen molar-refractivity contribution in [3.05, 3.63) is 28.7 Å². The van der Waals surface area contributed by atoms with Gasteiger partial charge in [-0.3, -0.25) is 9.59 Å². The molecular weight excluding hydrogens is 230 g/mol. The molecule has 5 nitrogen and oxygen atoms in total. The quantitative estimate of drug-likeness (QED) is 0.794. The van der Waals surface area contributed by atoms with E-state index in [0.717, 1.165) is 12.8 Å². The third kappa shape index (κ3) is 4.71. The highest BCUT2D eigenvalue weighted by Crippen LogP contribution is 2.10. The number of amides is 1. The van der Waals surface area contributed by atoms with E-state index in [1.54, 1.807) is 19.3 Å². The van der Waals surface area contributed by atoms with Crippen molar-refractivity contribution in [2.75, 3.05) is 11.9 Å². The number of hydrogen-bond acceptors (Lipinski definition) is 3. The lowest BCUT2D eigenvalue weighted by Gasteiger charge is -2.10. The molecule has 0 aromatic carbocycles. The van der Waals surface area contributed by atoms with Gasteiger partial charge in [-0.25, -0.2) is 0 Å². The molecule has 0 saturated heterocycles. The average molecular weight is 251 g/mol. The van der Waals surface area contributed by atoms with E-state index in [0.29, 0.717) is 24.6 Å². The number of hydrogen-bond donors (Lipinski definition) is 2. The summed E-state index contributed by atoms with van der Waals surface area (Å²) in [5.74, 6) is 0.429. The van der Waals surface area contributed by atoms with Gasteiger partial charge in [0.15, 0.2) is 0 Å². The number of nitrogens with two attached hydrogens (primary N) is 1. The summed E-state index contributed by atoms with van der Waals surface area (Å²) in [6.45, 7) is 2.75. The molecule has 0 fully saturated rings. The predicted molar refractivity (Wildman–Crippen MR) is 72.4 cm³/mol. The van der Waals surface area contributed by atoms with Gasteiger partial charge in [0.05, 0.1) is 5.69 Å². The minimum Gasteiger partial charge on any atom is -0.330 e. The van der Waals surface area contributed by atoms with Gasteiger partial charge in [-0.05, 0) is 31.4 Å². The number of aromatic nitrogens is 1. The molecule has 0 radical (unpaired) electrons. The molecule has 1 heterocycles. The topological polar surface area (TPSA) is 77.1 Å². The van der Waals surface area contributed by atoms with Crippen LogP contribution in [0.15, 0.2) is 23.1 Å². The zero-order valence-electron chi connectivity index (χ0n) is 11.0. The number of nitrogens with zero attached hydrogens (tertiary/aromatic N) is 1. The highest BCUT2D eigenvalue weighted by atomic mass is 16.1. The Balaban J connectivity index is 2.44.